The largest absolute Gasteiger partial charge is 0.263 e. The SMILES string of the molecule is C=S(C)(=O)c1ccc(-c2cc(Cl)cnc2-c2ccc(C)nc2)cc1. The molecule has 3 rings (SSSR count). The first kappa shape index (κ1) is 16.7. The lowest BCUT2D eigenvalue weighted by Crippen LogP contribution is -1.96. The quantitative estimate of drug-likeness (QED) is 0.650. The van der Waals surface area contributed by atoms with Gasteiger partial charge in [0.2, 0.25) is 0 Å². The average Bonchev–Trinajstić information content (AvgIpc) is 2.55. The number of rotatable bonds is 3. The summed E-state index contributed by atoms with van der Waals surface area (Å²) in [5.41, 5.74) is 4.55. The summed E-state index contributed by atoms with van der Waals surface area (Å²) in [5, 5.41) is 0.564. The van der Waals surface area contributed by atoms with E-state index in [1.165, 1.54) is 0 Å². The van der Waals surface area contributed by atoms with Gasteiger partial charge in [-0.05, 0) is 58.2 Å². The Labute approximate surface area is 147 Å². The minimum atomic E-state index is -2.23. The number of nitrogens with zero attached hydrogens (tertiary/aromatic N) is 2. The Hall–Kier alpha value is -2.17. The highest BCUT2D eigenvalue weighted by molar-refractivity contribution is 7.99. The summed E-state index contributed by atoms with van der Waals surface area (Å²) >= 11 is 6.15. The molecule has 0 spiro atoms. The van der Waals surface area contributed by atoms with Crippen molar-refractivity contribution in [2.75, 3.05) is 6.26 Å². The first-order valence-electron chi connectivity index (χ1n) is 7.36. The van der Waals surface area contributed by atoms with E-state index in [1.54, 1.807) is 18.6 Å². The highest BCUT2D eigenvalue weighted by atomic mass is 35.5. The lowest BCUT2D eigenvalue weighted by Gasteiger charge is -2.11. The highest BCUT2D eigenvalue weighted by Crippen LogP contribution is 2.32. The van der Waals surface area contributed by atoms with Gasteiger partial charge in [-0.3, -0.25) is 14.2 Å². The summed E-state index contributed by atoms with van der Waals surface area (Å²) in [7, 11) is -2.23. The lowest BCUT2D eigenvalue weighted by atomic mass is 10.0. The molecule has 3 aromatic rings. The van der Waals surface area contributed by atoms with Gasteiger partial charge in [0.05, 0.1) is 10.7 Å². The van der Waals surface area contributed by atoms with E-state index in [0.29, 0.717) is 5.02 Å². The second-order valence-corrected chi connectivity index (χ2v) is 8.69. The van der Waals surface area contributed by atoms with Crippen molar-refractivity contribution in [1.29, 1.82) is 0 Å². The van der Waals surface area contributed by atoms with Gasteiger partial charge in [0.25, 0.3) is 0 Å². The molecule has 0 aliphatic heterocycles. The van der Waals surface area contributed by atoms with Crippen LogP contribution in [0.4, 0.5) is 0 Å². The van der Waals surface area contributed by atoms with Crippen LogP contribution in [0.5, 0.6) is 0 Å². The van der Waals surface area contributed by atoms with Crippen molar-refractivity contribution in [3.05, 3.63) is 65.6 Å². The smallest absolute Gasteiger partial charge is 0.0796 e. The van der Waals surface area contributed by atoms with E-state index < -0.39 is 9.52 Å². The number of hydrogen-bond donors (Lipinski definition) is 0. The molecular weight excluding hydrogens is 340 g/mol. The normalized spacial score (nSPS) is 13.5. The van der Waals surface area contributed by atoms with Gasteiger partial charge in [0, 0.05) is 40.4 Å². The molecule has 0 aliphatic carbocycles. The summed E-state index contributed by atoms with van der Waals surface area (Å²) in [6, 6.07) is 13.3. The van der Waals surface area contributed by atoms with Crippen LogP contribution in [0.25, 0.3) is 22.4 Å². The molecule has 24 heavy (non-hydrogen) atoms. The Kier molecular flexibility index (Phi) is 4.43. The van der Waals surface area contributed by atoms with Gasteiger partial charge in [0.1, 0.15) is 0 Å². The van der Waals surface area contributed by atoms with Crippen LogP contribution < -0.4 is 0 Å². The van der Waals surface area contributed by atoms with Crippen molar-refractivity contribution >= 4 is 27.0 Å². The summed E-state index contributed by atoms with van der Waals surface area (Å²) in [6.45, 7) is 1.94. The minimum absolute atomic E-state index is 0.564. The number of aryl methyl sites for hydroxylation is 1. The van der Waals surface area contributed by atoms with Crippen LogP contribution in [-0.2, 0) is 9.52 Å². The molecule has 0 N–H and O–H groups in total. The van der Waals surface area contributed by atoms with Crippen molar-refractivity contribution in [2.24, 2.45) is 0 Å². The molecular formula is C19H17ClN2OS. The van der Waals surface area contributed by atoms with E-state index >= 15 is 0 Å². The van der Waals surface area contributed by atoms with Crippen LogP contribution in [-0.4, -0.2) is 26.3 Å². The van der Waals surface area contributed by atoms with Crippen LogP contribution in [0, 0.1) is 6.92 Å². The Morgan fingerprint density at radius 2 is 1.67 bits per heavy atom. The predicted molar refractivity (Wildman–Crippen MR) is 102 cm³/mol. The molecule has 0 bridgehead atoms. The first-order valence-corrected chi connectivity index (χ1v) is 9.87. The topological polar surface area (TPSA) is 42.9 Å². The van der Waals surface area contributed by atoms with Gasteiger partial charge in [-0.1, -0.05) is 23.7 Å². The van der Waals surface area contributed by atoms with E-state index in [2.05, 4.69) is 15.8 Å². The van der Waals surface area contributed by atoms with Gasteiger partial charge in [-0.2, -0.15) is 0 Å². The Balaban J connectivity index is 2.13. The molecule has 1 aromatic carbocycles. The van der Waals surface area contributed by atoms with E-state index in [4.69, 9.17) is 11.6 Å². The van der Waals surface area contributed by atoms with Crippen molar-refractivity contribution < 1.29 is 4.21 Å². The van der Waals surface area contributed by atoms with E-state index in [1.807, 2.05) is 49.4 Å². The van der Waals surface area contributed by atoms with E-state index in [-0.39, 0.29) is 0 Å². The zero-order valence-corrected chi connectivity index (χ0v) is 15.1. The van der Waals surface area contributed by atoms with Gasteiger partial charge in [0.15, 0.2) is 0 Å². The summed E-state index contributed by atoms with van der Waals surface area (Å²) in [6.07, 6.45) is 5.06. The molecule has 5 heteroatoms. The van der Waals surface area contributed by atoms with E-state index in [9.17, 15) is 4.21 Å². The number of benzene rings is 1. The van der Waals surface area contributed by atoms with Gasteiger partial charge < -0.3 is 0 Å². The Morgan fingerprint density at radius 1 is 1.00 bits per heavy atom. The number of pyridine rings is 2. The van der Waals surface area contributed by atoms with Gasteiger partial charge in [-0.15, -0.1) is 0 Å². The molecule has 0 fully saturated rings. The predicted octanol–water partition coefficient (Wildman–Crippen LogP) is 4.48. The van der Waals surface area contributed by atoms with Gasteiger partial charge in [-0.25, -0.2) is 0 Å². The fourth-order valence-electron chi connectivity index (χ4n) is 2.42. The van der Waals surface area contributed by atoms with Crippen LogP contribution in [0.1, 0.15) is 5.69 Å². The molecule has 1 unspecified atom stereocenters. The van der Waals surface area contributed by atoms with Crippen LogP contribution in [0.15, 0.2) is 59.8 Å². The van der Waals surface area contributed by atoms with Crippen LogP contribution in [0.2, 0.25) is 5.02 Å². The van der Waals surface area contributed by atoms with Crippen LogP contribution >= 0.6 is 11.6 Å². The Bertz CT molecular complexity index is 979. The minimum Gasteiger partial charge on any atom is -0.263 e. The number of halogens is 1. The molecule has 2 aromatic heterocycles. The van der Waals surface area contributed by atoms with Crippen molar-refractivity contribution in [3.63, 3.8) is 0 Å². The Morgan fingerprint density at radius 3 is 2.25 bits per heavy atom. The van der Waals surface area contributed by atoms with E-state index in [0.717, 1.165) is 33.0 Å². The maximum absolute atomic E-state index is 12.1. The third-order valence-electron chi connectivity index (χ3n) is 3.70. The molecule has 0 aliphatic rings. The molecule has 3 nitrogen and oxygen atoms in total. The van der Waals surface area contributed by atoms with Crippen molar-refractivity contribution in [2.45, 2.75) is 11.8 Å². The fraction of sp³-hybridized carbons (Fsp3) is 0.105. The summed E-state index contributed by atoms with van der Waals surface area (Å²) in [4.78, 5) is 9.55. The molecule has 1 atom stereocenters. The third-order valence-corrected chi connectivity index (χ3v) is 5.18. The maximum Gasteiger partial charge on any atom is 0.0796 e. The molecule has 0 amide bonds. The van der Waals surface area contributed by atoms with Crippen molar-refractivity contribution in [1.82, 2.24) is 9.97 Å². The maximum atomic E-state index is 12.1. The summed E-state index contributed by atoms with van der Waals surface area (Å²) in [5.74, 6) is 3.72. The monoisotopic (exact) mass is 356 g/mol. The second kappa shape index (κ2) is 6.38. The fourth-order valence-corrected chi connectivity index (χ4v) is 3.29. The highest BCUT2D eigenvalue weighted by Gasteiger charge is 2.11. The zero-order chi connectivity index (χ0) is 17.3. The molecule has 122 valence electrons. The standard InChI is InChI=1S/C19H17ClN2OS/c1-13-4-5-15(11-21-13)19-18(10-16(20)12-22-19)14-6-8-17(9-7-14)24(2,3)23/h4-12H,2H2,1,3H3. The van der Waals surface area contributed by atoms with Gasteiger partial charge >= 0.3 is 0 Å². The number of aromatic nitrogens is 2. The second-order valence-electron chi connectivity index (χ2n) is 5.77. The van der Waals surface area contributed by atoms with Crippen LogP contribution in [0.3, 0.4) is 0 Å². The lowest BCUT2D eigenvalue weighted by molar-refractivity contribution is 0.685. The molecule has 0 radical (unpaired) electrons. The third kappa shape index (κ3) is 3.50. The zero-order valence-electron chi connectivity index (χ0n) is 13.5. The van der Waals surface area contributed by atoms with Crippen molar-refractivity contribution in [3.8, 4) is 22.4 Å². The molecule has 0 saturated heterocycles. The number of hydrogen-bond acceptors (Lipinski definition) is 3. The molecule has 2 heterocycles. The summed E-state index contributed by atoms with van der Waals surface area (Å²) < 4.78 is 12.1. The first-order chi connectivity index (χ1) is 11.3. The average molecular weight is 357 g/mol. The molecule has 0 saturated carbocycles.